The van der Waals surface area contributed by atoms with E-state index >= 15 is 0 Å². The summed E-state index contributed by atoms with van der Waals surface area (Å²) in [5.74, 6) is -0.684. The number of nitrogens with zero attached hydrogens (tertiary/aromatic N) is 2. The quantitative estimate of drug-likeness (QED) is 0.224. The van der Waals surface area contributed by atoms with Crippen molar-refractivity contribution in [1.29, 1.82) is 0 Å². The number of likely N-dealkylation sites (N-methyl/N-ethyl adjacent to an activating group) is 1. The summed E-state index contributed by atoms with van der Waals surface area (Å²) in [6.07, 6.45) is -2.16. The predicted molar refractivity (Wildman–Crippen MR) is 168 cm³/mol. The number of aliphatic hydroxyl groups excluding tert-OH is 2. The fraction of sp³-hybridized carbons (Fsp3) is 0.278. The average Bonchev–Trinajstić information content (AvgIpc) is 3.31. The van der Waals surface area contributed by atoms with Crippen LogP contribution in [-0.2, 0) is 16.1 Å². The van der Waals surface area contributed by atoms with Gasteiger partial charge in [-0.2, -0.15) is 0 Å². The second-order valence-corrected chi connectivity index (χ2v) is 11.7. The summed E-state index contributed by atoms with van der Waals surface area (Å²) in [5.41, 5.74) is 4.33. The molecule has 4 aromatic carbocycles. The highest BCUT2D eigenvalue weighted by Crippen LogP contribution is 2.42. The van der Waals surface area contributed by atoms with Gasteiger partial charge in [0.25, 0.3) is 11.8 Å². The van der Waals surface area contributed by atoms with Gasteiger partial charge < -0.3 is 29.7 Å². The van der Waals surface area contributed by atoms with Gasteiger partial charge in [-0.3, -0.25) is 9.59 Å². The highest BCUT2D eigenvalue weighted by atomic mass is 16.7. The second kappa shape index (κ2) is 12.9. The number of rotatable bonds is 9. The van der Waals surface area contributed by atoms with E-state index in [2.05, 4.69) is 6.92 Å². The Balaban J connectivity index is 1.23. The maximum Gasteiger partial charge on any atom is 0.266 e. The Bertz CT molecular complexity index is 1640. The molecule has 9 nitrogen and oxygen atoms in total. The molecule has 0 bridgehead atoms. The molecule has 45 heavy (non-hydrogen) atoms. The van der Waals surface area contributed by atoms with Crippen LogP contribution in [0, 0.1) is 5.92 Å². The van der Waals surface area contributed by atoms with Gasteiger partial charge in [0, 0.05) is 24.6 Å². The zero-order valence-electron chi connectivity index (χ0n) is 25.1. The molecule has 2 amide bonds. The van der Waals surface area contributed by atoms with Crippen LogP contribution in [0.25, 0.3) is 0 Å². The van der Waals surface area contributed by atoms with E-state index in [9.17, 15) is 24.9 Å². The summed E-state index contributed by atoms with van der Waals surface area (Å²) in [4.78, 5) is 29.2. The fourth-order valence-corrected chi connectivity index (χ4v) is 6.05. The molecule has 1 fully saturated rings. The molecular weight excluding hydrogens is 572 g/mol. The number of imide groups is 1. The number of fused-ring (bicyclic) bond motifs is 1. The number of ether oxygens (including phenoxy) is 2. The van der Waals surface area contributed by atoms with E-state index in [0.717, 1.165) is 16.7 Å². The molecule has 0 saturated carbocycles. The third-order valence-corrected chi connectivity index (χ3v) is 8.57. The fourth-order valence-electron chi connectivity index (χ4n) is 6.05. The maximum absolute atomic E-state index is 13.0. The number of amides is 2. The minimum atomic E-state index is -0.801. The third kappa shape index (κ3) is 6.26. The molecule has 232 valence electrons. The average molecular weight is 609 g/mol. The summed E-state index contributed by atoms with van der Waals surface area (Å²) in [6, 6.07) is 28.1. The number of hydrogen-bond acceptors (Lipinski definition) is 8. The number of hydrogen-bond donors (Lipinski definition) is 3. The van der Waals surface area contributed by atoms with E-state index in [1.54, 1.807) is 72.8 Å². The van der Waals surface area contributed by atoms with Gasteiger partial charge in [-0.1, -0.05) is 67.6 Å². The second-order valence-electron chi connectivity index (χ2n) is 11.7. The van der Waals surface area contributed by atoms with Gasteiger partial charge in [-0.25, -0.2) is 4.90 Å². The van der Waals surface area contributed by atoms with Crippen molar-refractivity contribution in [3.8, 4) is 5.75 Å². The van der Waals surface area contributed by atoms with Crippen molar-refractivity contribution in [1.82, 2.24) is 4.90 Å². The molecule has 9 heteroatoms. The normalized spacial score (nSPS) is 22.1. The summed E-state index contributed by atoms with van der Waals surface area (Å²) < 4.78 is 13.1. The highest BCUT2D eigenvalue weighted by Gasteiger charge is 2.40. The van der Waals surface area contributed by atoms with Crippen molar-refractivity contribution in [3.05, 3.63) is 130 Å². The van der Waals surface area contributed by atoms with Crippen LogP contribution in [0.3, 0.4) is 0 Å². The Morgan fingerprint density at radius 1 is 0.844 bits per heavy atom. The van der Waals surface area contributed by atoms with Crippen LogP contribution in [0.2, 0.25) is 0 Å². The molecule has 2 heterocycles. The lowest BCUT2D eigenvalue weighted by atomic mass is 9.90. The number of anilines is 1. The molecule has 2 aliphatic heterocycles. The smallest absolute Gasteiger partial charge is 0.266 e. The van der Waals surface area contributed by atoms with Gasteiger partial charge in [0.15, 0.2) is 6.29 Å². The zero-order chi connectivity index (χ0) is 31.7. The van der Waals surface area contributed by atoms with Crippen LogP contribution in [0.5, 0.6) is 5.75 Å². The number of benzene rings is 4. The van der Waals surface area contributed by atoms with Crippen molar-refractivity contribution in [2.75, 3.05) is 25.0 Å². The van der Waals surface area contributed by atoms with E-state index in [1.807, 2.05) is 36.2 Å². The lowest BCUT2D eigenvalue weighted by Crippen LogP contribution is -2.44. The lowest BCUT2D eigenvalue weighted by Gasteiger charge is -2.42. The first-order valence-electron chi connectivity index (χ1n) is 15.0. The van der Waals surface area contributed by atoms with Crippen LogP contribution in [-0.4, -0.2) is 58.3 Å². The predicted octanol–water partition coefficient (Wildman–Crippen LogP) is 5.14. The molecule has 4 aromatic rings. The highest BCUT2D eigenvalue weighted by molar-refractivity contribution is 6.34. The van der Waals surface area contributed by atoms with E-state index < -0.39 is 12.4 Å². The lowest BCUT2D eigenvalue weighted by molar-refractivity contribution is -0.276. The van der Waals surface area contributed by atoms with Crippen molar-refractivity contribution in [2.45, 2.75) is 38.1 Å². The minimum absolute atomic E-state index is 0.0541. The molecule has 0 aliphatic carbocycles. The molecule has 1 saturated heterocycles. The van der Waals surface area contributed by atoms with Gasteiger partial charge in [-0.05, 0) is 60.1 Å². The number of carbonyl (C=O) groups excluding carboxylic acids is 2. The Kier molecular flexibility index (Phi) is 8.80. The molecule has 6 rings (SSSR count). The van der Waals surface area contributed by atoms with Crippen LogP contribution in [0.4, 0.5) is 5.69 Å². The number of carbonyl (C=O) groups is 2. The summed E-state index contributed by atoms with van der Waals surface area (Å²) >= 11 is 0. The molecule has 0 radical (unpaired) electrons. The minimum Gasteiger partial charge on any atom is -0.508 e. The largest absolute Gasteiger partial charge is 0.508 e. The van der Waals surface area contributed by atoms with E-state index in [-0.39, 0.29) is 42.3 Å². The van der Waals surface area contributed by atoms with Crippen LogP contribution < -0.4 is 4.90 Å². The Hall–Kier alpha value is -4.38. The first-order valence-corrected chi connectivity index (χ1v) is 15.0. The Labute approximate surface area is 261 Å². The van der Waals surface area contributed by atoms with Crippen LogP contribution in [0.15, 0.2) is 97.1 Å². The standard InChI is InChI=1S/C36H36N2O7/c1-22-32(20-37(2)19-31(41)26-6-5-7-28(40)18-26)44-36(45-33(22)24-12-10-23(21-39)11-13-24)25-14-16-27(17-15-25)38-34(42)29-8-3-4-9-30(29)35(38)43/h3-18,22,31-33,36,39-41H,19-21H2,1-2H3/t22-,31+,32+,33+,36+/m0/s1. The van der Waals surface area contributed by atoms with Gasteiger partial charge in [0.05, 0.1) is 41.7 Å². The van der Waals surface area contributed by atoms with E-state index in [4.69, 9.17) is 9.47 Å². The van der Waals surface area contributed by atoms with Crippen molar-refractivity contribution < 1.29 is 34.4 Å². The SMILES string of the molecule is C[C@H]1[C@@H](CN(C)C[C@@H](O)c2cccc(O)c2)O[C@@H](c2ccc(N3C(=O)c4ccccc4C3=O)cc2)O[C@H]1c1ccc(CO)cc1. The molecule has 0 spiro atoms. The summed E-state index contributed by atoms with van der Waals surface area (Å²) in [7, 11) is 1.91. The third-order valence-electron chi connectivity index (χ3n) is 8.57. The molecule has 5 atom stereocenters. The zero-order valence-corrected chi connectivity index (χ0v) is 25.1. The molecular formula is C36H36N2O7. The number of phenolic OH excluding ortho intramolecular Hbond substituents is 1. The Morgan fingerprint density at radius 3 is 2.11 bits per heavy atom. The first-order chi connectivity index (χ1) is 21.7. The molecule has 3 N–H and O–H groups in total. The molecule has 2 aliphatic rings. The van der Waals surface area contributed by atoms with Gasteiger partial charge >= 0.3 is 0 Å². The van der Waals surface area contributed by atoms with Crippen molar-refractivity contribution in [2.24, 2.45) is 5.92 Å². The van der Waals surface area contributed by atoms with Gasteiger partial charge in [0.1, 0.15) is 5.75 Å². The van der Waals surface area contributed by atoms with Crippen LogP contribution >= 0.6 is 0 Å². The van der Waals surface area contributed by atoms with Crippen LogP contribution in [0.1, 0.15) is 68.4 Å². The maximum atomic E-state index is 13.0. The number of aliphatic hydroxyl groups is 2. The summed E-state index contributed by atoms with van der Waals surface area (Å²) in [5, 5.41) is 30.2. The van der Waals surface area contributed by atoms with Gasteiger partial charge in [0.2, 0.25) is 0 Å². The monoisotopic (exact) mass is 608 g/mol. The van der Waals surface area contributed by atoms with Crippen molar-refractivity contribution >= 4 is 17.5 Å². The topological polar surface area (TPSA) is 120 Å². The summed E-state index contributed by atoms with van der Waals surface area (Å²) in [6.45, 7) is 2.83. The van der Waals surface area contributed by atoms with E-state index in [0.29, 0.717) is 35.5 Å². The molecule has 0 aromatic heterocycles. The van der Waals surface area contributed by atoms with Crippen molar-refractivity contribution in [3.63, 3.8) is 0 Å². The first kappa shape index (κ1) is 30.6. The molecule has 0 unspecified atom stereocenters. The Morgan fingerprint density at radius 2 is 1.49 bits per heavy atom. The van der Waals surface area contributed by atoms with E-state index in [1.165, 1.54) is 4.90 Å². The van der Waals surface area contributed by atoms with Gasteiger partial charge in [-0.15, -0.1) is 0 Å². The number of phenols is 1. The number of aromatic hydroxyl groups is 1.